The molecule has 0 aliphatic rings. The molecule has 0 saturated heterocycles. The fraction of sp³-hybridized carbons (Fsp3) is 0. The van der Waals surface area contributed by atoms with Crippen molar-refractivity contribution in [2.45, 2.75) is 0 Å². The first-order chi connectivity index (χ1) is 4.79. The molecule has 0 amide bonds. The van der Waals surface area contributed by atoms with Crippen LogP contribution in [0, 0.1) is 11.5 Å². The van der Waals surface area contributed by atoms with E-state index in [9.17, 15) is 0 Å². The quantitative estimate of drug-likeness (QED) is 0.393. The Morgan fingerprint density at radius 3 is 2.60 bits per heavy atom. The SMILES string of the molecule is N=C(N)Nc1cc[c]cc1. The second-order valence-corrected chi connectivity index (χ2v) is 1.83. The van der Waals surface area contributed by atoms with Crippen molar-refractivity contribution in [1.82, 2.24) is 0 Å². The average molecular weight is 134 g/mol. The largest absolute Gasteiger partial charge is 0.370 e. The van der Waals surface area contributed by atoms with Crippen LogP contribution in [0.2, 0.25) is 0 Å². The summed E-state index contributed by atoms with van der Waals surface area (Å²) in [7, 11) is 0. The number of anilines is 1. The molecule has 0 spiro atoms. The van der Waals surface area contributed by atoms with Crippen LogP contribution in [0.15, 0.2) is 24.3 Å². The lowest BCUT2D eigenvalue weighted by molar-refractivity contribution is 1.41. The van der Waals surface area contributed by atoms with E-state index in [0.29, 0.717) is 0 Å². The predicted molar refractivity (Wildman–Crippen MR) is 40.8 cm³/mol. The maximum atomic E-state index is 6.89. The Hall–Kier alpha value is -1.51. The van der Waals surface area contributed by atoms with E-state index in [1.54, 1.807) is 24.3 Å². The summed E-state index contributed by atoms with van der Waals surface area (Å²) in [4.78, 5) is 0. The van der Waals surface area contributed by atoms with Gasteiger partial charge in [-0.15, -0.1) is 0 Å². The summed E-state index contributed by atoms with van der Waals surface area (Å²) < 4.78 is 0. The van der Waals surface area contributed by atoms with Crippen LogP contribution in [0.4, 0.5) is 5.69 Å². The Bertz CT molecular complexity index is 218. The van der Waals surface area contributed by atoms with Crippen LogP contribution in [0.1, 0.15) is 0 Å². The number of rotatable bonds is 1. The summed E-state index contributed by atoms with van der Waals surface area (Å²) in [5.41, 5.74) is 5.90. The molecule has 0 heterocycles. The molecule has 0 unspecified atom stereocenters. The van der Waals surface area contributed by atoms with Crippen LogP contribution < -0.4 is 11.1 Å². The molecule has 51 valence electrons. The minimum atomic E-state index is -0.0498. The third kappa shape index (κ3) is 1.78. The minimum absolute atomic E-state index is 0.0498. The lowest BCUT2D eigenvalue weighted by Crippen LogP contribution is -2.20. The number of nitrogens with two attached hydrogens (primary N) is 1. The zero-order chi connectivity index (χ0) is 7.40. The maximum absolute atomic E-state index is 6.89. The van der Waals surface area contributed by atoms with E-state index in [0.717, 1.165) is 5.69 Å². The number of nitrogens with one attached hydrogen (secondary N) is 2. The summed E-state index contributed by atoms with van der Waals surface area (Å²) in [5.74, 6) is -0.0498. The van der Waals surface area contributed by atoms with Crippen LogP contribution in [0.3, 0.4) is 0 Å². The second-order valence-electron chi connectivity index (χ2n) is 1.83. The molecule has 0 aromatic heterocycles. The molecule has 1 radical (unpaired) electrons. The number of hydrogen-bond acceptors (Lipinski definition) is 1. The van der Waals surface area contributed by atoms with Gasteiger partial charge in [0.1, 0.15) is 0 Å². The van der Waals surface area contributed by atoms with Gasteiger partial charge >= 0.3 is 0 Å². The van der Waals surface area contributed by atoms with Gasteiger partial charge in [0.25, 0.3) is 0 Å². The highest BCUT2D eigenvalue weighted by Crippen LogP contribution is 2.02. The fourth-order valence-corrected chi connectivity index (χ4v) is 0.626. The molecule has 3 nitrogen and oxygen atoms in total. The first-order valence-electron chi connectivity index (χ1n) is 2.86. The van der Waals surface area contributed by atoms with Crippen molar-refractivity contribution in [3.05, 3.63) is 30.3 Å². The number of guanidine groups is 1. The molecule has 0 aliphatic heterocycles. The Labute approximate surface area is 59.4 Å². The van der Waals surface area contributed by atoms with Gasteiger partial charge in [-0.25, -0.2) is 0 Å². The standard InChI is InChI=1S/C7H8N3/c8-7(9)10-6-4-2-1-3-5-6/h2-5H,(H4,8,9,10). The zero-order valence-corrected chi connectivity index (χ0v) is 5.39. The van der Waals surface area contributed by atoms with E-state index in [4.69, 9.17) is 11.1 Å². The van der Waals surface area contributed by atoms with E-state index < -0.39 is 0 Å². The molecule has 1 rings (SSSR count). The van der Waals surface area contributed by atoms with Gasteiger partial charge in [0.2, 0.25) is 0 Å². The van der Waals surface area contributed by atoms with Gasteiger partial charge in [0.15, 0.2) is 5.96 Å². The number of benzene rings is 1. The van der Waals surface area contributed by atoms with E-state index >= 15 is 0 Å². The summed E-state index contributed by atoms with van der Waals surface area (Å²) in [5, 5.41) is 9.53. The highest BCUT2D eigenvalue weighted by molar-refractivity contribution is 5.89. The Balaban J connectivity index is 2.67. The molecule has 10 heavy (non-hydrogen) atoms. The smallest absolute Gasteiger partial charge is 0.190 e. The van der Waals surface area contributed by atoms with Gasteiger partial charge in [0.05, 0.1) is 0 Å². The van der Waals surface area contributed by atoms with Crippen molar-refractivity contribution in [3.8, 4) is 0 Å². The highest BCUT2D eigenvalue weighted by atomic mass is 15.0. The Morgan fingerprint density at radius 2 is 2.10 bits per heavy atom. The van der Waals surface area contributed by atoms with Crippen molar-refractivity contribution >= 4 is 11.6 Å². The lowest BCUT2D eigenvalue weighted by atomic mass is 10.3. The Kier molecular flexibility index (Phi) is 1.89. The summed E-state index contributed by atoms with van der Waals surface area (Å²) in [6.07, 6.45) is 0. The van der Waals surface area contributed by atoms with E-state index in [1.807, 2.05) is 0 Å². The van der Waals surface area contributed by atoms with Crippen molar-refractivity contribution in [1.29, 1.82) is 5.41 Å². The normalized spacial score (nSPS) is 8.80. The number of hydrogen-bond donors (Lipinski definition) is 3. The lowest BCUT2D eigenvalue weighted by Gasteiger charge is -2.00. The third-order valence-corrected chi connectivity index (χ3v) is 0.997. The van der Waals surface area contributed by atoms with Crippen LogP contribution in [-0.2, 0) is 0 Å². The van der Waals surface area contributed by atoms with Crippen molar-refractivity contribution in [3.63, 3.8) is 0 Å². The molecule has 1 aromatic rings. The molecular formula is C7H8N3. The average Bonchev–Trinajstić information content (AvgIpc) is 1.88. The van der Waals surface area contributed by atoms with Crippen LogP contribution in [-0.4, -0.2) is 5.96 Å². The van der Waals surface area contributed by atoms with Crippen LogP contribution in [0.25, 0.3) is 0 Å². The summed E-state index contributed by atoms with van der Waals surface area (Å²) in [6.45, 7) is 0. The molecule has 4 N–H and O–H groups in total. The molecule has 3 heteroatoms. The van der Waals surface area contributed by atoms with Gasteiger partial charge in [0, 0.05) is 5.69 Å². The molecule has 0 fully saturated rings. The van der Waals surface area contributed by atoms with Gasteiger partial charge in [-0.3, -0.25) is 5.41 Å². The molecular weight excluding hydrogens is 126 g/mol. The molecule has 1 aromatic carbocycles. The van der Waals surface area contributed by atoms with Crippen LogP contribution in [0.5, 0.6) is 0 Å². The van der Waals surface area contributed by atoms with Gasteiger partial charge < -0.3 is 11.1 Å². The van der Waals surface area contributed by atoms with E-state index in [-0.39, 0.29) is 5.96 Å². The van der Waals surface area contributed by atoms with Gasteiger partial charge in [-0.05, 0) is 18.2 Å². The van der Waals surface area contributed by atoms with Crippen LogP contribution >= 0.6 is 0 Å². The maximum Gasteiger partial charge on any atom is 0.190 e. The third-order valence-electron chi connectivity index (χ3n) is 0.997. The van der Waals surface area contributed by atoms with E-state index in [1.165, 1.54) is 0 Å². The van der Waals surface area contributed by atoms with Gasteiger partial charge in [-0.1, -0.05) is 12.1 Å². The Morgan fingerprint density at radius 1 is 1.50 bits per heavy atom. The van der Waals surface area contributed by atoms with Gasteiger partial charge in [-0.2, -0.15) is 0 Å². The first kappa shape index (κ1) is 6.61. The van der Waals surface area contributed by atoms with Crippen molar-refractivity contribution < 1.29 is 0 Å². The molecule has 0 atom stereocenters. The molecule has 0 saturated carbocycles. The van der Waals surface area contributed by atoms with Crippen molar-refractivity contribution in [2.75, 3.05) is 5.32 Å². The minimum Gasteiger partial charge on any atom is -0.370 e. The van der Waals surface area contributed by atoms with E-state index in [2.05, 4.69) is 11.4 Å². The fourth-order valence-electron chi connectivity index (χ4n) is 0.626. The second kappa shape index (κ2) is 2.87. The summed E-state index contributed by atoms with van der Waals surface area (Å²) in [6, 6.07) is 9.95. The highest BCUT2D eigenvalue weighted by Gasteiger charge is 1.87. The first-order valence-corrected chi connectivity index (χ1v) is 2.86. The molecule has 0 aliphatic carbocycles. The topological polar surface area (TPSA) is 61.9 Å². The monoisotopic (exact) mass is 134 g/mol. The molecule has 0 bridgehead atoms. The van der Waals surface area contributed by atoms with Crippen molar-refractivity contribution in [2.24, 2.45) is 5.73 Å². The predicted octanol–water partition coefficient (Wildman–Crippen LogP) is 0.792. The summed E-state index contributed by atoms with van der Waals surface area (Å²) >= 11 is 0. The zero-order valence-electron chi connectivity index (χ0n) is 5.39.